The SMILES string of the molecule is CC(C)(C)NCc1nccn1CC(F)F. The van der Waals surface area contributed by atoms with E-state index in [1.807, 2.05) is 20.8 Å². The van der Waals surface area contributed by atoms with Crippen molar-refractivity contribution in [1.82, 2.24) is 14.9 Å². The molecule has 0 aliphatic carbocycles. The summed E-state index contributed by atoms with van der Waals surface area (Å²) in [5.74, 6) is 0.644. The summed E-state index contributed by atoms with van der Waals surface area (Å²) in [6, 6.07) is 0. The van der Waals surface area contributed by atoms with Crippen LogP contribution in [0.2, 0.25) is 0 Å². The van der Waals surface area contributed by atoms with Gasteiger partial charge in [0, 0.05) is 17.9 Å². The zero-order valence-corrected chi connectivity index (χ0v) is 9.30. The average molecular weight is 217 g/mol. The van der Waals surface area contributed by atoms with Crippen LogP contribution in [0.5, 0.6) is 0 Å². The Kier molecular flexibility index (Phi) is 3.79. The number of hydrogen-bond donors (Lipinski definition) is 1. The first-order chi connectivity index (χ1) is 6.88. The van der Waals surface area contributed by atoms with E-state index in [0.717, 1.165) is 0 Å². The molecule has 1 aromatic rings. The summed E-state index contributed by atoms with van der Waals surface area (Å²) in [4.78, 5) is 4.04. The molecule has 1 aromatic heterocycles. The largest absolute Gasteiger partial charge is 0.328 e. The quantitative estimate of drug-likeness (QED) is 0.836. The van der Waals surface area contributed by atoms with Gasteiger partial charge in [-0.1, -0.05) is 0 Å². The third-order valence-corrected chi connectivity index (χ3v) is 1.91. The minimum atomic E-state index is -2.34. The maximum atomic E-state index is 12.2. The van der Waals surface area contributed by atoms with Crippen molar-refractivity contribution >= 4 is 0 Å². The molecule has 0 atom stereocenters. The summed E-state index contributed by atoms with van der Waals surface area (Å²) >= 11 is 0. The molecule has 0 radical (unpaired) electrons. The molecule has 1 heterocycles. The molecule has 0 unspecified atom stereocenters. The van der Waals surface area contributed by atoms with E-state index in [4.69, 9.17) is 0 Å². The van der Waals surface area contributed by atoms with Crippen molar-refractivity contribution in [3.05, 3.63) is 18.2 Å². The highest BCUT2D eigenvalue weighted by Crippen LogP contribution is 2.05. The van der Waals surface area contributed by atoms with Crippen LogP contribution in [-0.2, 0) is 13.1 Å². The monoisotopic (exact) mass is 217 g/mol. The normalized spacial score (nSPS) is 12.4. The highest BCUT2D eigenvalue weighted by Gasteiger charge is 2.12. The van der Waals surface area contributed by atoms with Crippen LogP contribution in [0.3, 0.4) is 0 Å². The fourth-order valence-electron chi connectivity index (χ4n) is 1.17. The highest BCUT2D eigenvalue weighted by molar-refractivity contribution is 4.93. The number of aromatic nitrogens is 2. The van der Waals surface area contributed by atoms with Gasteiger partial charge in [0.05, 0.1) is 13.1 Å². The molecular weight excluding hydrogens is 200 g/mol. The van der Waals surface area contributed by atoms with E-state index in [-0.39, 0.29) is 12.1 Å². The van der Waals surface area contributed by atoms with Crippen molar-refractivity contribution in [3.63, 3.8) is 0 Å². The second-order valence-electron chi connectivity index (χ2n) is 4.49. The first kappa shape index (κ1) is 12.1. The Morgan fingerprint density at radius 1 is 1.47 bits per heavy atom. The Morgan fingerprint density at radius 2 is 2.13 bits per heavy atom. The lowest BCUT2D eigenvalue weighted by molar-refractivity contribution is 0.125. The van der Waals surface area contributed by atoms with Crippen molar-refractivity contribution in [3.8, 4) is 0 Å². The Bertz CT molecular complexity index is 302. The molecule has 0 bridgehead atoms. The summed E-state index contributed by atoms with van der Waals surface area (Å²) < 4.78 is 25.8. The molecule has 0 spiro atoms. The van der Waals surface area contributed by atoms with Crippen LogP contribution in [0.15, 0.2) is 12.4 Å². The van der Waals surface area contributed by atoms with Crippen molar-refractivity contribution in [2.75, 3.05) is 0 Å². The maximum absolute atomic E-state index is 12.2. The summed E-state index contributed by atoms with van der Waals surface area (Å²) in [5.41, 5.74) is -0.0401. The van der Waals surface area contributed by atoms with Crippen molar-refractivity contribution in [2.45, 2.75) is 45.8 Å². The molecule has 5 heteroatoms. The molecule has 1 N–H and O–H groups in total. The number of nitrogens with one attached hydrogen (secondary N) is 1. The first-order valence-electron chi connectivity index (χ1n) is 4.91. The van der Waals surface area contributed by atoms with Crippen molar-refractivity contribution < 1.29 is 8.78 Å². The molecule has 86 valence electrons. The molecule has 0 aliphatic heterocycles. The molecule has 15 heavy (non-hydrogen) atoms. The summed E-state index contributed by atoms with van der Waals surface area (Å²) in [6.07, 6.45) is 0.779. The van der Waals surface area contributed by atoms with Crippen LogP contribution in [-0.4, -0.2) is 21.5 Å². The Hall–Kier alpha value is -0.970. The molecule has 0 aliphatic rings. The van der Waals surface area contributed by atoms with E-state index >= 15 is 0 Å². The number of imidazole rings is 1. The van der Waals surface area contributed by atoms with Crippen LogP contribution in [0.25, 0.3) is 0 Å². The predicted octanol–water partition coefficient (Wildman–Crippen LogP) is 2.04. The van der Waals surface area contributed by atoms with E-state index in [1.54, 1.807) is 12.4 Å². The van der Waals surface area contributed by atoms with Crippen molar-refractivity contribution in [1.29, 1.82) is 0 Å². The van der Waals surface area contributed by atoms with E-state index in [0.29, 0.717) is 12.4 Å². The molecule has 0 aromatic carbocycles. The van der Waals surface area contributed by atoms with E-state index in [1.165, 1.54) is 4.57 Å². The second-order valence-corrected chi connectivity index (χ2v) is 4.49. The number of nitrogens with zero attached hydrogens (tertiary/aromatic N) is 2. The lowest BCUT2D eigenvalue weighted by Gasteiger charge is -2.20. The van der Waals surface area contributed by atoms with Crippen LogP contribution in [0, 0.1) is 0 Å². The molecule has 0 saturated heterocycles. The van der Waals surface area contributed by atoms with Gasteiger partial charge in [-0.25, -0.2) is 13.8 Å². The minimum absolute atomic E-state index is 0.0401. The van der Waals surface area contributed by atoms with E-state index in [9.17, 15) is 8.78 Å². The number of hydrogen-bond acceptors (Lipinski definition) is 2. The molecule has 0 fully saturated rings. The van der Waals surface area contributed by atoms with Gasteiger partial charge in [-0.3, -0.25) is 0 Å². The van der Waals surface area contributed by atoms with Crippen LogP contribution in [0.4, 0.5) is 8.78 Å². The van der Waals surface area contributed by atoms with Gasteiger partial charge in [0.25, 0.3) is 6.43 Å². The number of halogens is 2. The molecular formula is C10H17F2N3. The standard InChI is InChI=1S/C10H17F2N3/c1-10(2,3)14-6-9-13-4-5-15(9)7-8(11)12/h4-5,8,14H,6-7H2,1-3H3. The van der Waals surface area contributed by atoms with Crippen LogP contribution < -0.4 is 5.32 Å². The Morgan fingerprint density at radius 3 is 2.67 bits per heavy atom. The van der Waals surface area contributed by atoms with Gasteiger partial charge in [-0.15, -0.1) is 0 Å². The van der Waals surface area contributed by atoms with E-state index in [2.05, 4.69) is 10.3 Å². The van der Waals surface area contributed by atoms with Gasteiger partial charge in [0.2, 0.25) is 0 Å². The van der Waals surface area contributed by atoms with Crippen molar-refractivity contribution in [2.24, 2.45) is 0 Å². The smallest absolute Gasteiger partial charge is 0.256 e. The molecule has 3 nitrogen and oxygen atoms in total. The third-order valence-electron chi connectivity index (χ3n) is 1.91. The Balaban J connectivity index is 2.57. The van der Waals surface area contributed by atoms with Crippen LogP contribution in [0.1, 0.15) is 26.6 Å². The molecule has 0 amide bonds. The van der Waals surface area contributed by atoms with Crippen LogP contribution >= 0.6 is 0 Å². The number of alkyl halides is 2. The van der Waals surface area contributed by atoms with E-state index < -0.39 is 6.43 Å². The zero-order chi connectivity index (χ0) is 11.5. The fourth-order valence-corrected chi connectivity index (χ4v) is 1.17. The average Bonchev–Trinajstić information content (AvgIpc) is 2.46. The third kappa shape index (κ3) is 4.38. The van der Waals surface area contributed by atoms with Gasteiger partial charge in [-0.05, 0) is 20.8 Å². The number of rotatable bonds is 4. The predicted molar refractivity (Wildman–Crippen MR) is 54.8 cm³/mol. The summed E-state index contributed by atoms with van der Waals surface area (Å²) in [7, 11) is 0. The summed E-state index contributed by atoms with van der Waals surface area (Å²) in [6.45, 7) is 6.28. The lowest BCUT2D eigenvalue weighted by Crippen LogP contribution is -2.36. The minimum Gasteiger partial charge on any atom is -0.328 e. The Labute approximate surface area is 88.5 Å². The first-order valence-corrected chi connectivity index (χ1v) is 4.91. The van der Waals surface area contributed by atoms with Gasteiger partial charge in [0.15, 0.2) is 0 Å². The highest BCUT2D eigenvalue weighted by atomic mass is 19.3. The van der Waals surface area contributed by atoms with Gasteiger partial charge in [-0.2, -0.15) is 0 Å². The lowest BCUT2D eigenvalue weighted by atomic mass is 10.1. The van der Waals surface area contributed by atoms with Gasteiger partial charge < -0.3 is 9.88 Å². The maximum Gasteiger partial charge on any atom is 0.256 e. The summed E-state index contributed by atoms with van der Waals surface area (Å²) in [5, 5.41) is 3.21. The van der Waals surface area contributed by atoms with Gasteiger partial charge in [0.1, 0.15) is 5.82 Å². The fraction of sp³-hybridized carbons (Fsp3) is 0.700. The molecule has 0 saturated carbocycles. The molecule has 1 rings (SSSR count). The zero-order valence-electron chi connectivity index (χ0n) is 9.30. The van der Waals surface area contributed by atoms with Gasteiger partial charge >= 0.3 is 0 Å². The second kappa shape index (κ2) is 4.70. The topological polar surface area (TPSA) is 29.9 Å².